The molecule has 0 bridgehead atoms. The lowest BCUT2D eigenvalue weighted by Crippen LogP contribution is -2.46. The summed E-state index contributed by atoms with van der Waals surface area (Å²) in [6, 6.07) is 1.76. The smallest absolute Gasteiger partial charge is 0.260 e. The summed E-state index contributed by atoms with van der Waals surface area (Å²) in [5.41, 5.74) is 0.142. The Hall–Kier alpha value is -2.52. The Morgan fingerprint density at radius 2 is 1.91 bits per heavy atom. The topological polar surface area (TPSA) is 109 Å². The van der Waals surface area contributed by atoms with E-state index in [0.29, 0.717) is 55.1 Å². The zero-order valence-corrected chi connectivity index (χ0v) is 20.7. The Bertz CT molecular complexity index is 1090. The Kier molecular flexibility index (Phi) is 7.23. The van der Waals surface area contributed by atoms with E-state index in [1.165, 1.54) is 0 Å². The van der Waals surface area contributed by atoms with Gasteiger partial charge >= 0.3 is 0 Å². The third-order valence-electron chi connectivity index (χ3n) is 7.37. The Balaban J connectivity index is 1.30. The van der Waals surface area contributed by atoms with Crippen molar-refractivity contribution in [2.45, 2.75) is 58.6 Å². The van der Waals surface area contributed by atoms with E-state index in [1.807, 2.05) is 36.6 Å². The number of H-pyrrole nitrogens is 1. The van der Waals surface area contributed by atoms with Crippen LogP contribution in [0.5, 0.6) is 0 Å². The molecule has 2 aromatic heterocycles. The number of fused-ring (bicyclic) bond motifs is 1. The second-order valence-corrected chi connectivity index (χ2v) is 10.7. The number of carbonyl (C=O) groups excluding carboxylic acids is 2. The number of aromatic amines is 1. The van der Waals surface area contributed by atoms with E-state index >= 15 is 0 Å². The number of piperidine rings is 2. The van der Waals surface area contributed by atoms with Gasteiger partial charge in [0.2, 0.25) is 5.91 Å². The molecular formula is C25H37N5O4. The first-order chi connectivity index (χ1) is 16.2. The van der Waals surface area contributed by atoms with Crippen molar-refractivity contribution in [1.29, 1.82) is 0 Å². The number of carbonyl (C=O) groups is 2. The lowest BCUT2D eigenvalue weighted by atomic mass is 9.81. The molecular weight excluding hydrogens is 434 g/mol. The SMILES string of the molecule is COC1CCC(C(=O)C2CCN(C(=O)CC(C)(C)Cc3nc4c(ccn4C)c(=O)[nH]3)CC2)CN1. The molecule has 2 unspecified atom stereocenters. The summed E-state index contributed by atoms with van der Waals surface area (Å²) in [5, 5.41) is 3.86. The minimum atomic E-state index is -0.357. The van der Waals surface area contributed by atoms with Gasteiger partial charge in [0, 0.05) is 64.7 Å². The summed E-state index contributed by atoms with van der Waals surface area (Å²) in [5.74, 6) is 1.11. The summed E-state index contributed by atoms with van der Waals surface area (Å²) in [6.45, 7) is 5.97. The number of ketones is 1. The van der Waals surface area contributed by atoms with Gasteiger partial charge in [-0.05, 0) is 37.2 Å². The number of hydrogen-bond acceptors (Lipinski definition) is 6. The minimum Gasteiger partial charge on any atom is -0.367 e. The Labute approximate surface area is 200 Å². The molecule has 0 aliphatic carbocycles. The lowest BCUT2D eigenvalue weighted by Gasteiger charge is -2.36. The number of likely N-dealkylation sites (tertiary alicyclic amines) is 1. The molecule has 4 heterocycles. The van der Waals surface area contributed by atoms with Crippen LogP contribution >= 0.6 is 0 Å². The van der Waals surface area contributed by atoms with E-state index in [0.717, 1.165) is 25.7 Å². The van der Waals surface area contributed by atoms with Gasteiger partial charge in [-0.3, -0.25) is 19.7 Å². The third kappa shape index (κ3) is 5.41. The summed E-state index contributed by atoms with van der Waals surface area (Å²) < 4.78 is 7.15. The average molecular weight is 472 g/mol. The van der Waals surface area contributed by atoms with Crippen LogP contribution in [-0.2, 0) is 27.8 Å². The highest BCUT2D eigenvalue weighted by molar-refractivity contribution is 5.84. The van der Waals surface area contributed by atoms with Crippen LogP contribution in [-0.4, -0.2) is 64.1 Å². The molecule has 2 fully saturated rings. The molecule has 4 rings (SSSR count). The van der Waals surface area contributed by atoms with Crippen molar-refractivity contribution in [3.63, 3.8) is 0 Å². The van der Waals surface area contributed by atoms with Crippen LogP contribution in [0.15, 0.2) is 17.1 Å². The first kappa shape index (κ1) is 24.6. The number of nitrogens with zero attached hydrogens (tertiary/aromatic N) is 3. The molecule has 2 aliphatic rings. The number of Topliss-reactive ketones (excluding diaryl/α,β-unsaturated/α-hetero) is 1. The monoisotopic (exact) mass is 471 g/mol. The molecule has 9 heteroatoms. The van der Waals surface area contributed by atoms with Gasteiger partial charge in [0.15, 0.2) is 0 Å². The second kappa shape index (κ2) is 10.00. The highest BCUT2D eigenvalue weighted by atomic mass is 16.5. The van der Waals surface area contributed by atoms with Crippen LogP contribution in [0.4, 0.5) is 0 Å². The first-order valence-corrected chi connectivity index (χ1v) is 12.3. The molecule has 34 heavy (non-hydrogen) atoms. The fraction of sp³-hybridized carbons (Fsp3) is 0.680. The third-order valence-corrected chi connectivity index (χ3v) is 7.37. The molecule has 2 N–H and O–H groups in total. The highest BCUT2D eigenvalue weighted by Gasteiger charge is 2.35. The molecule has 1 amide bonds. The number of rotatable bonds is 7. The maximum atomic E-state index is 13.1. The van der Waals surface area contributed by atoms with Gasteiger partial charge in [0.25, 0.3) is 5.56 Å². The van der Waals surface area contributed by atoms with E-state index in [-0.39, 0.29) is 34.9 Å². The van der Waals surface area contributed by atoms with E-state index < -0.39 is 0 Å². The number of methoxy groups -OCH3 is 1. The molecule has 0 spiro atoms. The van der Waals surface area contributed by atoms with Crippen molar-refractivity contribution in [3.8, 4) is 0 Å². The van der Waals surface area contributed by atoms with Gasteiger partial charge < -0.3 is 19.2 Å². The largest absolute Gasteiger partial charge is 0.367 e. The predicted molar refractivity (Wildman–Crippen MR) is 129 cm³/mol. The van der Waals surface area contributed by atoms with Gasteiger partial charge in [-0.15, -0.1) is 0 Å². The van der Waals surface area contributed by atoms with Crippen LogP contribution in [0, 0.1) is 17.3 Å². The van der Waals surface area contributed by atoms with E-state index in [1.54, 1.807) is 13.2 Å². The van der Waals surface area contributed by atoms with Crippen molar-refractivity contribution < 1.29 is 14.3 Å². The van der Waals surface area contributed by atoms with Crippen molar-refractivity contribution in [3.05, 3.63) is 28.4 Å². The molecule has 2 atom stereocenters. The van der Waals surface area contributed by atoms with Gasteiger partial charge in [0.05, 0.1) is 5.39 Å². The zero-order valence-electron chi connectivity index (χ0n) is 20.7. The number of aryl methyl sites for hydroxylation is 1. The fourth-order valence-electron chi connectivity index (χ4n) is 5.33. The van der Waals surface area contributed by atoms with Crippen LogP contribution in [0.2, 0.25) is 0 Å². The maximum absolute atomic E-state index is 13.1. The summed E-state index contributed by atoms with van der Waals surface area (Å²) >= 11 is 0. The summed E-state index contributed by atoms with van der Waals surface area (Å²) in [6.07, 6.45) is 5.92. The van der Waals surface area contributed by atoms with Gasteiger partial charge in [-0.25, -0.2) is 4.98 Å². The first-order valence-electron chi connectivity index (χ1n) is 12.3. The van der Waals surface area contributed by atoms with E-state index in [2.05, 4.69) is 15.3 Å². The average Bonchev–Trinajstić information content (AvgIpc) is 3.19. The van der Waals surface area contributed by atoms with Crippen molar-refractivity contribution in [2.75, 3.05) is 26.7 Å². The van der Waals surface area contributed by atoms with E-state index in [4.69, 9.17) is 4.74 Å². The standard InChI is InChI=1S/C25H37N5O4/c1-25(2,13-19-27-23-18(24(33)28-19)9-10-29(23)3)14-21(31)30-11-7-16(8-12-30)22(32)17-5-6-20(34-4)26-15-17/h9-10,16-17,20,26H,5-8,11-15H2,1-4H3,(H,27,28,33). The number of hydrogen-bond donors (Lipinski definition) is 2. The fourth-order valence-corrected chi connectivity index (χ4v) is 5.33. The van der Waals surface area contributed by atoms with Gasteiger partial charge in [0.1, 0.15) is 23.5 Å². The number of ether oxygens (including phenoxy) is 1. The molecule has 0 saturated carbocycles. The second-order valence-electron chi connectivity index (χ2n) is 10.7. The predicted octanol–water partition coefficient (Wildman–Crippen LogP) is 2.00. The number of nitrogens with one attached hydrogen (secondary N) is 2. The van der Waals surface area contributed by atoms with Gasteiger partial charge in [-0.2, -0.15) is 0 Å². The molecule has 2 aromatic rings. The van der Waals surface area contributed by atoms with Crippen molar-refractivity contribution >= 4 is 22.7 Å². The van der Waals surface area contributed by atoms with Gasteiger partial charge in [-0.1, -0.05) is 13.8 Å². The summed E-state index contributed by atoms with van der Waals surface area (Å²) in [4.78, 5) is 47.8. The molecule has 186 valence electrons. The quantitative estimate of drug-likeness (QED) is 0.639. The number of aromatic nitrogens is 3. The molecule has 0 aromatic carbocycles. The van der Waals surface area contributed by atoms with Crippen LogP contribution in [0.25, 0.3) is 11.0 Å². The van der Waals surface area contributed by atoms with Crippen LogP contribution in [0.3, 0.4) is 0 Å². The zero-order chi connectivity index (χ0) is 24.5. The molecule has 9 nitrogen and oxygen atoms in total. The highest BCUT2D eigenvalue weighted by Crippen LogP contribution is 2.29. The Morgan fingerprint density at radius 1 is 1.18 bits per heavy atom. The van der Waals surface area contributed by atoms with E-state index in [9.17, 15) is 14.4 Å². The van der Waals surface area contributed by atoms with Crippen LogP contribution < -0.4 is 10.9 Å². The number of amides is 1. The lowest BCUT2D eigenvalue weighted by molar-refractivity contribution is -0.138. The molecule has 2 aliphatic heterocycles. The maximum Gasteiger partial charge on any atom is 0.260 e. The minimum absolute atomic E-state index is 0.0363. The normalized spacial score (nSPS) is 22.3. The van der Waals surface area contributed by atoms with Crippen LogP contribution in [0.1, 0.15) is 51.8 Å². The molecule has 2 saturated heterocycles. The molecule has 0 radical (unpaired) electrons. The van der Waals surface area contributed by atoms with Crippen molar-refractivity contribution in [2.24, 2.45) is 24.3 Å². The Morgan fingerprint density at radius 3 is 2.56 bits per heavy atom. The van der Waals surface area contributed by atoms with Crippen molar-refractivity contribution in [1.82, 2.24) is 24.8 Å². The summed E-state index contributed by atoms with van der Waals surface area (Å²) in [7, 11) is 3.55.